The van der Waals surface area contributed by atoms with E-state index in [-0.39, 0.29) is 0 Å². The maximum absolute atomic E-state index is 10.8. The summed E-state index contributed by atoms with van der Waals surface area (Å²) in [4.78, 5) is 12.2. The van der Waals surface area contributed by atoms with Crippen LogP contribution in [0.25, 0.3) is 0 Å². The fraction of sp³-hybridized carbons (Fsp3) is 0.312. The minimum Gasteiger partial charge on any atom is -0.478 e. The van der Waals surface area contributed by atoms with Gasteiger partial charge in [0.2, 0.25) is 0 Å². The van der Waals surface area contributed by atoms with E-state index in [4.69, 9.17) is 5.11 Å². The Bertz CT molecular complexity index is 534. The van der Waals surface area contributed by atoms with E-state index in [1.54, 1.807) is 23.5 Å². The maximum atomic E-state index is 10.8. The fourth-order valence-electron chi connectivity index (χ4n) is 2.07. The van der Waals surface area contributed by atoms with Crippen molar-refractivity contribution in [2.45, 2.75) is 19.9 Å². The van der Waals surface area contributed by atoms with E-state index in [2.05, 4.69) is 29.8 Å². The monoisotopic (exact) mass is 289 g/mol. The predicted molar refractivity (Wildman–Crippen MR) is 82.3 cm³/mol. The summed E-state index contributed by atoms with van der Waals surface area (Å²) in [6, 6.07) is 11.3. The number of hydrogen-bond donors (Lipinski definition) is 2. The third-order valence-electron chi connectivity index (χ3n) is 3.15. The molecule has 1 atom stereocenters. The van der Waals surface area contributed by atoms with Crippen LogP contribution < -0.4 is 5.32 Å². The van der Waals surface area contributed by atoms with Crippen LogP contribution in [0.3, 0.4) is 0 Å². The van der Waals surface area contributed by atoms with Crippen LogP contribution in [0.1, 0.15) is 27.7 Å². The molecule has 2 rings (SSSR count). The normalized spacial score (nSPS) is 12.2. The van der Waals surface area contributed by atoms with E-state index < -0.39 is 5.97 Å². The molecule has 0 amide bonds. The van der Waals surface area contributed by atoms with Gasteiger partial charge in [-0.2, -0.15) is 0 Å². The van der Waals surface area contributed by atoms with Crippen molar-refractivity contribution in [1.29, 1.82) is 0 Å². The highest BCUT2D eigenvalue weighted by Gasteiger charge is 2.05. The number of benzene rings is 1. The molecule has 0 bridgehead atoms. The van der Waals surface area contributed by atoms with Gasteiger partial charge in [-0.15, -0.1) is 11.3 Å². The number of aromatic carboxylic acids is 1. The Kier molecular flexibility index (Phi) is 5.32. The molecular weight excluding hydrogens is 270 g/mol. The molecule has 0 aliphatic carbocycles. The number of carboxylic acids is 1. The first-order chi connectivity index (χ1) is 9.65. The number of carbonyl (C=O) groups is 1. The van der Waals surface area contributed by atoms with Gasteiger partial charge >= 0.3 is 5.97 Å². The van der Waals surface area contributed by atoms with Crippen LogP contribution in [0.5, 0.6) is 0 Å². The Balaban J connectivity index is 1.73. The zero-order chi connectivity index (χ0) is 14.4. The third kappa shape index (κ3) is 4.47. The molecule has 2 N–H and O–H groups in total. The first-order valence-corrected chi connectivity index (χ1v) is 7.58. The molecule has 0 saturated carbocycles. The zero-order valence-corrected chi connectivity index (χ0v) is 12.3. The highest BCUT2D eigenvalue weighted by molar-refractivity contribution is 7.09. The lowest BCUT2D eigenvalue weighted by molar-refractivity contribution is 0.0697. The summed E-state index contributed by atoms with van der Waals surface area (Å²) in [5, 5.41) is 14.4. The van der Waals surface area contributed by atoms with Crippen molar-refractivity contribution in [3.05, 3.63) is 57.8 Å². The Hall–Kier alpha value is -1.65. The lowest BCUT2D eigenvalue weighted by atomic mass is 10.1. The molecular formula is C16H19NO2S. The summed E-state index contributed by atoms with van der Waals surface area (Å²) in [5.41, 5.74) is 1.44. The second-order valence-electron chi connectivity index (χ2n) is 5.02. The van der Waals surface area contributed by atoms with E-state index in [0.717, 1.165) is 25.1 Å². The Morgan fingerprint density at radius 3 is 2.65 bits per heavy atom. The topological polar surface area (TPSA) is 49.3 Å². The van der Waals surface area contributed by atoms with Gasteiger partial charge in [0.25, 0.3) is 0 Å². The molecule has 1 aromatic carbocycles. The quantitative estimate of drug-likeness (QED) is 0.821. The first kappa shape index (κ1) is 14.8. The van der Waals surface area contributed by atoms with E-state index in [0.29, 0.717) is 11.5 Å². The number of rotatable bonds is 7. The van der Waals surface area contributed by atoms with Crippen LogP contribution in [0.15, 0.2) is 41.8 Å². The molecule has 0 aliphatic heterocycles. The number of carboxylic acid groups (broad SMARTS) is 1. The average Bonchev–Trinajstić information content (AvgIpc) is 2.92. The first-order valence-electron chi connectivity index (χ1n) is 6.70. The highest BCUT2D eigenvalue weighted by atomic mass is 32.1. The molecule has 0 aliphatic rings. The van der Waals surface area contributed by atoms with Gasteiger partial charge in [-0.1, -0.05) is 25.1 Å². The average molecular weight is 289 g/mol. The molecule has 3 nitrogen and oxygen atoms in total. The van der Waals surface area contributed by atoms with Gasteiger partial charge in [-0.25, -0.2) is 4.79 Å². The Morgan fingerprint density at radius 2 is 2.05 bits per heavy atom. The molecule has 0 fully saturated rings. The van der Waals surface area contributed by atoms with Crippen molar-refractivity contribution in [1.82, 2.24) is 5.32 Å². The van der Waals surface area contributed by atoms with Gasteiger partial charge in [-0.05, 0) is 48.0 Å². The molecule has 1 aromatic heterocycles. The van der Waals surface area contributed by atoms with Crippen molar-refractivity contribution >= 4 is 17.3 Å². The van der Waals surface area contributed by atoms with Crippen molar-refractivity contribution < 1.29 is 9.90 Å². The molecule has 20 heavy (non-hydrogen) atoms. The van der Waals surface area contributed by atoms with Crippen LogP contribution in [0.2, 0.25) is 0 Å². The van der Waals surface area contributed by atoms with Gasteiger partial charge in [-0.3, -0.25) is 0 Å². The molecule has 0 saturated heterocycles. The van der Waals surface area contributed by atoms with Crippen LogP contribution in [-0.4, -0.2) is 17.6 Å². The predicted octanol–water partition coefficient (Wildman–Crippen LogP) is 3.41. The summed E-state index contributed by atoms with van der Waals surface area (Å²) in [5.74, 6) is -0.291. The molecule has 0 radical (unpaired) electrons. The zero-order valence-electron chi connectivity index (χ0n) is 11.5. The standard InChI is InChI=1S/C16H19NO2S/c1-12(9-15-3-2-8-20-15)10-17-11-13-4-6-14(7-5-13)16(18)19/h2-8,12,17H,9-11H2,1H3,(H,18,19). The molecule has 106 valence electrons. The second kappa shape index (κ2) is 7.22. The van der Waals surface area contributed by atoms with Crippen molar-refractivity contribution in [3.8, 4) is 0 Å². The molecule has 1 unspecified atom stereocenters. The van der Waals surface area contributed by atoms with Crippen LogP contribution in [0, 0.1) is 5.92 Å². The smallest absolute Gasteiger partial charge is 0.335 e. The van der Waals surface area contributed by atoms with Gasteiger partial charge in [0.1, 0.15) is 0 Å². The SMILES string of the molecule is CC(CNCc1ccc(C(=O)O)cc1)Cc1cccs1. The summed E-state index contributed by atoms with van der Waals surface area (Å²) in [7, 11) is 0. The van der Waals surface area contributed by atoms with E-state index in [1.807, 2.05) is 12.1 Å². The summed E-state index contributed by atoms with van der Waals surface area (Å²) in [6.07, 6.45) is 1.10. The van der Waals surface area contributed by atoms with E-state index in [9.17, 15) is 4.79 Å². The summed E-state index contributed by atoms with van der Waals surface area (Å²) >= 11 is 1.80. The Labute approximate surface area is 123 Å². The van der Waals surface area contributed by atoms with Crippen LogP contribution in [-0.2, 0) is 13.0 Å². The van der Waals surface area contributed by atoms with Crippen LogP contribution in [0.4, 0.5) is 0 Å². The summed E-state index contributed by atoms with van der Waals surface area (Å²) < 4.78 is 0. The Morgan fingerprint density at radius 1 is 1.30 bits per heavy atom. The number of nitrogens with one attached hydrogen (secondary N) is 1. The van der Waals surface area contributed by atoms with Crippen molar-refractivity contribution in [3.63, 3.8) is 0 Å². The van der Waals surface area contributed by atoms with Gasteiger partial charge < -0.3 is 10.4 Å². The van der Waals surface area contributed by atoms with Gasteiger partial charge in [0.15, 0.2) is 0 Å². The van der Waals surface area contributed by atoms with Crippen LogP contribution >= 0.6 is 11.3 Å². The minimum absolute atomic E-state index is 0.333. The lowest BCUT2D eigenvalue weighted by Crippen LogP contribution is -2.21. The van der Waals surface area contributed by atoms with Crippen molar-refractivity contribution in [2.24, 2.45) is 5.92 Å². The number of thiophene rings is 1. The molecule has 0 spiro atoms. The molecule has 1 heterocycles. The van der Waals surface area contributed by atoms with E-state index in [1.165, 1.54) is 4.88 Å². The third-order valence-corrected chi connectivity index (χ3v) is 4.05. The molecule has 2 aromatic rings. The fourth-order valence-corrected chi connectivity index (χ4v) is 2.94. The van der Waals surface area contributed by atoms with Crippen molar-refractivity contribution in [2.75, 3.05) is 6.54 Å². The maximum Gasteiger partial charge on any atom is 0.335 e. The van der Waals surface area contributed by atoms with Gasteiger partial charge in [0, 0.05) is 11.4 Å². The number of hydrogen-bond acceptors (Lipinski definition) is 3. The second-order valence-corrected chi connectivity index (χ2v) is 6.05. The highest BCUT2D eigenvalue weighted by Crippen LogP contribution is 2.14. The van der Waals surface area contributed by atoms with Gasteiger partial charge in [0.05, 0.1) is 5.56 Å². The van der Waals surface area contributed by atoms with E-state index >= 15 is 0 Å². The molecule has 4 heteroatoms. The largest absolute Gasteiger partial charge is 0.478 e. The minimum atomic E-state index is -0.880. The lowest BCUT2D eigenvalue weighted by Gasteiger charge is -2.11. The summed E-state index contributed by atoms with van der Waals surface area (Å²) in [6.45, 7) is 3.97.